The number of aryl methyl sites for hydroxylation is 2. The van der Waals surface area contributed by atoms with Gasteiger partial charge < -0.3 is 15.9 Å². The minimum atomic E-state index is -0.0575. The SMILES string of the molecule is CSC(N)=NN=Cc1cc(C)cc(C=NN=C(N=Cc2cc(C)c(C=O)cc2O)SC)c1O. The van der Waals surface area contributed by atoms with Gasteiger partial charge in [0.15, 0.2) is 5.17 Å². The van der Waals surface area contributed by atoms with E-state index >= 15 is 0 Å². The minimum Gasteiger partial charge on any atom is -0.507 e. The van der Waals surface area contributed by atoms with E-state index in [1.54, 1.807) is 37.6 Å². The first-order valence-corrected chi connectivity index (χ1v) is 12.0. The molecule has 0 fully saturated rings. The van der Waals surface area contributed by atoms with Gasteiger partial charge in [-0.25, -0.2) is 4.99 Å². The summed E-state index contributed by atoms with van der Waals surface area (Å²) in [7, 11) is 0. The third-order valence-electron chi connectivity index (χ3n) is 4.25. The second kappa shape index (κ2) is 12.6. The Morgan fingerprint density at radius 2 is 1.52 bits per heavy atom. The van der Waals surface area contributed by atoms with Crippen molar-refractivity contribution in [3.8, 4) is 11.5 Å². The smallest absolute Gasteiger partial charge is 0.208 e. The average Bonchev–Trinajstić information content (AvgIpc) is 2.80. The molecule has 0 aliphatic carbocycles. The summed E-state index contributed by atoms with van der Waals surface area (Å²) in [6.07, 6.45) is 8.52. The van der Waals surface area contributed by atoms with Gasteiger partial charge in [-0.1, -0.05) is 23.5 Å². The number of aldehydes is 1. The number of hydrogen-bond acceptors (Lipinski definition) is 9. The van der Waals surface area contributed by atoms with Crippen LogP contribution in [0.5, 0.6) is 11.5 Å². The predicted octanol–water partition coefficient (Wildman–Crippen LogP) is 3.71. The van der Waals surface area contributed by atoms with Gasteiger partial charge in [-0.2, -0.15) is 10.2 Å². The highest BCUT2D eigenvalue weighted by atomic mass is 32.2. The molecule has 9 nitrogen and oxygen atoms in total. The number of phenolic OH excluding ortho intramolecular Hbond substituents is 2. The van der Waals surface area contributed by atoms with Crippen LogP contribution in [0.4, 0.5) is 0 Å². The van der Waals surface area contributed by atoms with Gasteiger partial charge >= 0.3 is 0 Å². The molecule has 2 aromatic rings. The topological polar surface area (TPSA) is 145 Å². The lowest BCUT2D eigenvalue weighted by atomic mass is 10.1. The van der Waals surface area contributed by atoms with Crippen LogP contribution in [0.25, 0.3) is 0 Å². The Kier molecular flexibility index (Phi) is 9.83. The number of benzene rings is 2. The highest BCUT2D eigenvalue weighted by Crippen LogP contribution is 2.22. The molecule has 4 N–H and O–H groups in total. The molecule has 11 heteroatoms. The summed E-state index contributed by atoms with van der Waals surface area (Å²) >= 11 is 2.52. The van der Waals surface area contributed by atoms with E-state index in [1.807, 2.05) is 6.92 Å². The summed E-state index contributed by atoms with van der Waals surface area (Å²) in [4.78, 5) is 15.2. The first kappa shape index (κ1) is 25.8. The Balaban J connectivity index is 2.26. The van der Waals surface area contributed by atoms with Crippen LogP contribution in [0.2, 0.25) is 0 Å². The number of aliphatic imine (C=N–C) groups is 1. The van der Waals surface area contributed by atoms with Crippen LogP contribution >= 0.6 is 23.5 Å². The van der Waals surface area contributed by atoms with Crippen LogP contribution < -0.4 is 5.73 Å². The molecule has 2 aromatic carbocycles. The molecule has 0 saturated heterocycles. The molecule has 2 rings (SSSR count). The standard InChI is InChI=1S/C22H24N6O3S2/c1-13-5-16(10-25-27-21(23)32-3)20(31)17(6-13)11-26-28-22(33-4)24-9-15-7-14(2)18(12-29)8-19(15)30/h5-12,30-31H,1-4H3,(H2,23,27). The van der Waals surface area contributed by atoms with Gasteiger partial charge in [0.2, 0.25) is 5.17 Å². The number of thioether (sulfide) groups is 2. The summed E-state index contributed by atoms with van der Waals surface area (Å²) in [5.41, 5.74) is 8.98. The van der Waals surface area contributed by atoms with E-state index in [1.165, 1.54) is 48.2 Å². The van der Waals surface area contributed by atoms with Crippen LogP contribution in [0.3, 0.4) is 0 Å². The molecule has 0 amide bonds. The quantitative estimate of drug-likeness (QED) is 0.247. The molecule has 0 aromatic heterocycles. The highest BCUT2D eigenvalue weighted by Gasteiger charge is 2.07. The summed E-state index contributed by atoms with van der Waals surface area (Å²) in [5, 5.41) is 37.0. The number of nitrogens with zero attached hydrogens (tertiary/aromatic N) is 5. The molecule has 33 heavy (non-hydrogen) atoms. The summed E-state index contributed by atoms with van der Waals surface area (Å²) < 4.78 is 0. The first-order chi connectivity index (χ1) is 15.8. The molecule has 0 aliphatic rings. The molecule has 0 bridgehead atoms. The van der Waals surface area contributed by atoms with Crippen molar-refractivity contribution in [2.24, 2.45) is 31.1 Å². The number of phenols is 2. The van der Waals surface area contributed by atoms with Gasteiger partial charge in [-0.3, -0.25) is 4.79 Å². The molecule has 0 unspecified atom stereocenters. The lowest BCUT2D eigenvalue weighted by Gasteiger charge is -2.04. The minimum absolute atomic E-state index is 0.0221. The van der Waals surface area contributed by atoms with Crippen LogP contribution in [0.15, 0.2) is 49.7 Å². The van der Waals surface area contributed by atoms with Crippen LogP contribution in [-0.4, -0.2) is 58.0 Å². The molecular formula is C22H24N6O3S2. The number of rotatable bonds is 6. The second-order valence-corrected chi connectivity index (χ2v) is 8.25. The first-order valence-electron chi connectivity index (χ1n) is 9.51. The van der Waals surface area contributed by atoms with Gasteiger partial charge in [-0.05, 0) is 61.8 Å². The number of nitrogens with two attached hydrogens (primary N) is 1. The third kappa shape index (κ3) is 7.58. The molecule has 0 aliphatic heterocycles. The van der Waals surface area contributed by atoms with Crippen molar-refractivity contribution in [1.82, 2.24) is 0 Å². The van der Waals surface area contributed by atoms with Gasteiger partial charge in [0.1, 0.15) is 17.8 Å². The Bertz CT molecular complexity index is 1170. The largest absolute Gasteiger partial charge is 0.507 e. The van der Waals surface area contributed by atoms with Crippen molar-refractivity contribution in [3.05, 3.63) is 57.6 Å². The maximum absolute atomic E-state index is 11.0. The van der Waals surface area contributed by atoms with Crippen molar-refractivity contribution in [3.63, 3.8) is 0 Å². The zero-order chi connectivity index (χ0) is 24.4. The van der Waals surface area contributed by atoms with E-state index in [2.05, 4.69) is 25.4 Å². The summed E-state index contributed by atoms with van der Waals surface area (Å²) in [5.74, 6) is -0.0796. The molecular weight excluding hydrogens is 460 g/mol. The fourth-order valence-corrected chi connectivity index (χ4v) is 2.99. The molecule has 0 saturated carbocycles. The van der Waals surface area contributed by atoms with Crippen molar-refractivity contribution < 1.29 is 15.0 Å². The molecule has 0 radical (unpaired) electrons. The van der Waals surface area contributed by atoms with E-state index in [9.17, 15) is 15.0 Å². The highest BCUT2D eigenvalue weighted by molar-refractivity contribution is 8.13. The van der Waals surface area contributed by atoms with Crippen LogP contribution in [0.1, 0.15) is 38.2 Å². The summed E-state index contributed by atoms with van der Waals surface area (Å²) in [6, 6.07) is 6.56. The van der Waals surface area contributed by atoms with Crippen molar-refractivity contribution in [1.29, 1.82) is 0 Å². The van der Waals surface area contributed by atoms with E-state index < -0.39 is 0 Å². The van der Waals surface area contributed by atoms with E-state index in [0.717, 1.165) is 11.1 Å². The van der Waals surface area contributed by atoms with Gasteiger partial charge in [-0.15, -0.1) is 10.2 Å². The molecule has 0 atom stereocenters. The van der Waals surface area contributed by atoms with E-state index in [-0.39, 0.29) is 11.5 Å². The van der Waals surface area contributed by atoms with E-state index in [4.69, 9.17) is 5.73 Å². The molecule has 0 spiro atoms. The Morgan fingerprint density at radius 1 is 0.879 bits per heavy atom. The van der Waals surface area contributed by atoms with Crippen molar-refractivity contribution in [2.45, 2.75) is 13.8 Å². The second-order valence-electron chi connectivity index (χ2n) is 6.65. The lowest BCUT2D eigenvalue weighted by molar-refractivity contribution is 0.112. The summed E-state index contributed by atoms with van der Waals surface area (Å²) in [6.45, 7) is 3.64. The maximum Gasteiger partial charge on any atom is 0.208 e. The molecule has 0 heterocycles. The molecule has 172 valence electrons. The lowest BCUT2D eigenvalue weighted by Crippen LogP contribution is -2.04. The third-order valence-corrected chi connectivity index (χ3v) is 5.31. The van der Waals surface area contributed by atoms with Crippen molar-refractivity contribution in [2.75, 3.05) is 12.5 Å². The average molecular weight is 485 g/mol. The number of carbonyl (C=O) groups excluding carboxylic acids is 1. The number of amidine groups is 2. The monoisotopic (exact) mass is 484 g/mol. The zero-order valence-electron chi connectivity index (χ0n) is 18.6. The Hall–Kier alpha value is -3.44. The fraction of sp³-hybridized carbons (Fsp3) is 0.182. The van der Waals surface area contributed by atoms with Gasteiger partial charge in [0.25, 0.3) is 0 Å². The number of carbonyl (C=O) groups is 1. The maximum atomic E-state index is 11.0. The zero-order valence-corrected chi connectivity index (χ0v) is 20.2. The van der Waals surface area contributed by atoms with E-state index in [0.29, 0.717) is 38.9 Å². The number of aromatic hydroxyl groups is 2. The Morgan fingerprint density at radius 3 is 2.09 bits per heavy atom. The van der Waals surface area contributed by atoms with Crippen molar-refractivity contribution >= 4 is 58.8 Å². The fourth-order valence-electron chi connectivity index (χ4n) is 2.57. The van der Waals surface area contributed by atoms with Gasteiger partial charge in [0.05, 0.1) is 12.4 Å². The van der Waals surface area contributed by atoms with Gasteiger partial charge in [0, 0.05) is 28.5 Å². The predicted molar refractivity (Wildman–Crippen MR) is 140 cm³/mol. The van der Waals surface area contributed by atoms with Crippen LogP contribution in [0, 0.1) is 13.8 Å². The normalized spacial score (nSPS) is 13.0. The Labute approximate surface area is 200 Å². The van der Waals surface area contributed by atoms with Crippen LogP contribution in [-0.2, 0) is 0 Å². The number of hydrogen-bond donors (Lipinski definition) is 3.